The van der Waals surface area contributed by atoms with Crippen molar-refractivity contribution >= 4 is 27.5 Å². The van der Waals surface area contributed by atoms with Gasteiger partial charge in [0.2, 0.25) is 0 Å². The van der Waals surface area contributed by atoms with E-state index in [2.05, 4.69) is 32.2 Å². The maximum atomic E-state index is 11.2. The first-order valence-electron chi connectivity index (χ1n) is 7.52. The zero-order chi connectivity index (χ0) is 16.4. The fourth-order valence-corrected chi connectivity index (χ4v) is 2.97. The molecule has 0 fully saturated rings. The topological polar surface area (TPSA) is 69.2 Å². The van der Waals surface area contributed by atoms with Gasteiger partial charge in [-0.15, -0.1) is 0 Å². The van der Waals surface area contributed by atoms with Crippen molar-refractivity contribution in [3.05, 3.63) is 46.6 Å². The molecule has 1 unspecified atom stereocenters. The molecular formula is C17H18BrN3O2. The van der Waals surface area contributed by atoms with E-state index in [1.54, 1.807) is 6.92 Å². The van der Waals surface area contributed by atoms with Gasteiger partial charge in [0, 0.05) is 23.1 Å². The van der Waals surface area contributed by atoms with Crippen LogP contribution >= 0.6 is 15.9 Å². The van der Waals surface area contributed by atoms with E-state index in [-0.39, 0.29) is 0 Å². The van der Waals surface area contributed by atoms with Gasteiger partial charge in [0.15, 0.2) is 0 Å². The molecule has 2 N–H and O–H groups in total. The number of aliphatic carboxylic acids is 1. The highest BCUT2D eigenvalue weighted by Gasteiger charge is 2.24. The number of carboxylic acid groups (broad SMARTS) is 1. The molecule has 0 saturated carbocycles. The molecule has 0 amide bonds. The number of aromatic amines is 1. The molecule has 0 aliphatic carbocycles. The maximum absolute atomic E-state index is 11.2. The highest BCUT2D eigenvalue weighted by Crippen LogP contribution is 2.25. The third-order valence-electron chi connectivity index (χ3n) is 4.15. The van der Waals surface area contributed by atoms with Crippen LogP contribution in [0.25, 0.3) is 16.8 Å². The van der Waals surface area contributed by atoms with Crippen LogP contribution in [0.2, 0.25) is 0 Å². The first-order chi connectivity index (χ1) is 11.0. The van der Waals surface area contributed by atoms with Gasteiger partial charge in [0.25, 0.3) is 0 Å². The lowest BCUT2D eigenvalue weighted by molar-refractivity contribution is -0.142. The Labute approximate surface area is 143 Å². The number of nitrogens with one attached hydrogen (secondary N) is 1. The molecule has 2 aromatic rings. The van der Waals surface area contributed by atoms with Crippen LogP contribution in [0.4, 0.5) is 0 Å². The average molecular weight is 376 g/mol. The number of carbonyl (C=O) groups is 1. The van der Waals surface area contributed by atoms with Crippen molar-refractivity contribution in [3.8, 4) is 11.3 Å². The van der Waals surface area contributed by atoms with Crippen molar-refractivity contribution in [1.82, 2.24) is 15.1 Å². The molecule has 3 rings (SSSR count). The molecule has 1 aromatic heterocycles. The van der Waals surface area contributed by atoms with E-state index in [9.17, 15) is 9.90 Å². The molecule has 2 heterocycles. The van der Waals surface area contributed by atoms with Gasteiger partial charge in [0.05, 0.1) is 11.4 Å². The standard InChI is InChI=1S/C17H18BrN3O2/c1-11(17(22)23)21-8-2-3-13(10-21)16-9-15(19-20-16)12-4-6-14(18)7-5-12/h3-7,9,11H,2,8,10H2,1H3,(H,19,20)(H,22,23). The monoisotopic (exact) mass is 375 g/mol. The quantitative estimate of drug-likeness (QED) is 0.858. The summed E-state index contributed by atoms with van der Waals surface area (Å²) in [6.45, 7) is 3.12. The molecule has 1 atom stereocenters. The van der Waals surface area contributed by atoms with Crippen LogP contribution in [-0.2, 0) is 4.79 Å². The zero-order valence-electron chi connectivity index (χ0n) is 12.8. The summed E-state index contributed by atoms with van der Waals surface area (Å²) in [6.07, 6.45) is 3.00. The van der Waals surface area contributed by atoms with Gasteiger partial charge in [0.1, 0.15) is 6.04 Å². The minimum atomic E-state index is -0.786. The van der Waals surface area contributed by atoms with Crippen molar-refractivity contribution in [2.45, 2.75) is 19.4 Å². The summed E-state index contributed by atoms with van der Waals surface area (Å²) in [5.41, 5.74) is 3.98. The summed E-state index contributed by atoms with van der Waals surface area (Å²) in [7, 11) is 0. The summed E-state index contributed by atoms with van der Waals surface area (Å²) in [4.78, 5) is 13.1. The second kappa shape index (κ2) is 6.68. The predicted molar refractivity (Wildman–Crippen MR) is 93.0 cm³/mol. The van der Waals surface area contributed by atoms with Gasteiger partial charge in [-0.25, -0.2) is 0 Å². The number of benzene rings is 1. The van der Waals surface area contributed by atoms with E-state index in [0.717, 1.165) is 40.0 Å². The first-order valence-corrected chi connectivity index (χ1v) is 8.31. The minimum absolute atomic E-state index is 0.479. The number of hydrogen-bond donors (Lipinski definition) is 2. The van der Waals surface area contributed by atoms with Crippen molar-refractivity contribution in [2.24, 2.45) is 0 Å². The van der Waals surface area contributed by atoms with Crippen LogP contribution in [-0.4, -0.2) is 45.3 Å². The lowest BCUT2D eigenvalue weighted by atomic mass is 10.0. The van der Waals surface area contributed by atoms with E-state index >= 15 is 0 Å². The number of hydrogen-bond acceptors (Lipinski definition) is 3. The highest BCUT2D eigenvalue weighted by molar-refractivity contribution is 9.10. The largest absolute Gasteiger partial charge is 0.480 e. The molecule has 120 valence electrons. The SMILES string of the molecule is CC(C(=O)O)N1CCC=C(c2cc(-c3ccc(Br)cc3)n[nH]2)C1. The second-order valence-electron chi connectivity index (χ2n) is 5.68. The molecule has 5 nitrogen and oxygen atoms in total. The smallest absolute Gasteiger partial charge is 0.320 e. The molecule has 1 aliphatic rings. The Hall–Kier alpha value is -1.92. The molecule has 1 aliphatic heterocycles. The summed E-state index contributed by atoms with van der Waals surface area (Å²) in [5.74, 6) is -0.786. The van der Waals surface area contributed by atoms with Crippen molar-refractivity contribution in [1.29, 1.82) is 0 Å². The van der Waals surface area contributed by atoms with E-state index in [1.807, 2.05) is 35.2 Å². The van der Waals surface area contributed by atoms with Crippen molar-refractivity contribution in [2.75, 3.05) is 13.1 Å². The van der Waals surface area contributed by atoms with E-state index in [0.29, 0.717) is 6.54 Å². The van der Waals surface area contributed by atoms with E-state index in [4.69, 9.17) is 0 Å². The van der Waals surface area contributed by atoms with Crippen LogP contribution in [0.3, 0.4) is 0 Å². The predicted octanol–water partition coefficient (Wildman–Crippen LogP) is 3.40. The summed E-state index contributed by atoms with van der Waals surface area (Å²) < 4.78 is 1.03. The Balaban J connectivity index is 1.79. The molecule has 0 radical (unpaired) electrons. The molecule has 6 heteroatoms. The maximum Gasteiger partial charge on any atom is 0.320 e. The van der Waals surface area contributed by atoms with Gasteiger partial charge in [-0.05, 0) is 37.1 Å². The number of carboxylic acids is 1. The minimum Gasteiger partial charge on any atom is -0.480 e. The van der Waals surface area contributed by atoms with Crippen LogP contribution < -0.4 is 0 Å². The number of halogens is 1. The van der Waals surface area contributed by atoms with E-state index in [1.165, 1.54) is 0 Å². The lowest BCUT2D eigenvalue weighted by Gasteiger charge is -2.29. The van der Waals surface area contributed by atoms with Crippen LogP contribution in [0.15, 0.2) is 40.9 Å². The molecule has 0 saturated heterocycles. The molecule has 1 aromatic carbocycles. The Morgan fingerprint density at radius 2 is 2.13 bits per heavy atom. The fraction of sp³-hybridized carbons (Fsp3) is 0.294. The molecule has 23 heavy (non-hydrogen) atoms. The summed E-state index contributed by atoms with van der Waals surface area (Å²) in [5, 5.41) is 16.6. The number of nitrogens with zero attached hydrogens (tertiary/aromatic N) is 2. The molecule has 0 spiro atoms. The Morgan fingerprint density at radius 1 is 1.39 bits per heavy atom. The summed E-state index contributed by atoms with van der Waals surface area (Å²) in [6, 6.07) is 9.53. The Bertz CT molecular complexity index is 737. The molecular weight excluding hydrogens is 358 g/mol. The van der Waals surface area contributed by atoms with Gasteiger partial charge in [-0.1, -0.05) is 34.1 Å². The number of H-pyrrole nitrogens is 1. The van der Waals surface area contributed by atoms with Gasteiger partial charge < -0.3 is 5.11 Å². The van der Waals surface area contributed by atoms with Crippen LogP contribution in [0, 0.1) is 0 Å². The normalized spacial score (nSPS) is 16.9. The lowest BCUT2D eigenvalue weighted by Crippen LogP contribution is -2.41. The number of rotatable bonds is 4. The molecule has 0 bridgehead atoms. The van der Waals surface area contributed by atoms with Crippen LogP contribution in [0.1, 0.15) is 19.0 Å². The average Bonchev–Trinajstić information content (AvgIpc) is 3.05. The Kier molecular flexibility index (Phi) is 4.63. The zero-order valence-corrected chi connectivity index (χ0v) is 14.4. The fourth-order valence-electron chi connectivity index (χ4n) is 2.70. The second-order valence-corrected chi connectivity index (χ2v) is 6.59. The highest BCUT2D eigenvalue weighted by atomic mass is 79.9. The van der Waals surface area contributed by atoms with Crippen molar-refractivity contribution < 1.29 is 9.90 Å². The Morgan fingerprint density at radius 3 is 2.83 bits per heavy atom. The van der Waals surface area contributed by atoms with Gasteiger partial charge in [-0.2, -0.15) is 5.10 Å². The van der Waals surface area contributed by atoms with Gasteiger partial charge in [-0.3, -0.25) is 14.8 Å². The van der Waals surface area contributed by atoms with E-state index < -0.39 is 12.0 Å². The third kappa shape index (κ3) is 3.54. The summed E-state index contributed by atoms with van der Waals surface area (Å²) >= 11 is 3.43. The number of aromatic nitrogens is 2. The van der Waals surface area contributed by atoms with Crippen molar-refractivity contribution in [3.63, 3.8) is 0 Å². The van der Waals surface area contributed by atoms with Gasteiger partial charge >= 0.3 is 5.97 Å². The van der Waals surface area contributed by atoms with Crippen LogP contribution in [0.5, 0.6) is 0 Å². The first kappa shape index (κ1) is 16.0. The third-order valence-corrected chi connectivity index (χ3v) is 4.68.